The molecule has 0 saturated carbocycles. The molecule has 1 atom stereocenters. The maximum absolute atomic E-state index is 11.5. The molecule has 2 rings (SSSR count). The third-order valence-electron chi connectivity index (χ3n) is 3.05. The van der Waals surface area contributed by atoms with Crippen LogP contribution in [-0.2, 0) is 20.9 Å². The van der Waals surface area contributed by atoms with E-state index >= 15 is 0 Å². The predicted molar refractivity (Wildman–Crippen MR) is 69.1 cm³/mol. The molecule has 0 aliphatic carbocycles. The summed E-state index contributed by atoms with van der Waals surface area (Å²) in [5.41, 5.74) is 1.04. The molecule has 1 saturated heterocycles. The number of rotatable bonds is 8. The highest BCUT2D eigenvalue weighted by Crippen LogP contribution is 2.17. The highest BCUT2D eigenvalue weighted by atomic mass is 16.6. The van der Waals surface area contributed by atoms with Crippen molar-refractivity contribution in [3.8, 4) is 0 Å². The Kier molecular flexibility index (Phi) is 5.21. The fraction of sp³-hybridized carbons (Fsp3) is 0.533. The molecule has 1 unspecified atom stereocenters. The van der Waals surface area contributed by atoms with E-state index in [1.165, 1.54) is 0 Å². The summed E-state index contributed by atoms with van der Waals surface area (Å²) in [6.45, 7) is 1.31. The Morgan fingerprint density at radius 1 is 1.22 bits per heavy atom. The minimum Gasteiger partial charge on any atom is -0.461 e. The molecule has 98 valence electrons. The van der Waals surface area contributed by atoms with E-state index in [-0.39, 0.29) is 5.97 Å². The van der Waals surface area contributed by atoms with Gasteiger partial charge in [-0.15, -0.1) is 0 Å². The SMILES string of the molecule is O=C(CCCCCC1CO1)OCc1ccccc1. The maximum Gasteiger partial charge on any atom is 0.306 e. The van der Waals surface area contributed by atoms with Gasteiger partial charge in [0.25, 0.3) is 0 Å². The van der Waals surface area contributed by atoms with Crippen molar-refractivity contribution in [2.75, 3.05) is 6.61 Å². The largest absolute Gasteiger partial charge is 0.461 e. The molecule has 0 spiro atoms. The summed E-state index contributed by atoms with van der Waals surface area (Å²) in [5.74, 6) is -0.0958. The summed E-state index contributed by atoms with van der Waals surface area (Å²) >= 11 is 0. The molecule has 18 heavy (non-hydrogen) atoms. The summed E-state index contributed by atoms with van der Waals surface area (Å²) < 4.78 is 10.3. The zero-order valence-electron chi connectivity index (χ0n) is 10.6. The molecule has 1 heterocycles. The van der Waals surface area contributed by atoms with Crippen molar-refractivity contribution in [1.82, 2.24) is 0 Å². The molecule has 0 bridgehead atoms. The Hall–Kier alpha value is -1.35. The van der Waals surface area contributed by atoms with Crippen LogP contribution in [0.2, 0.25) is 0 Å². The second-order valence-electron chi connectivity index (χ2n) is 4.70. The Labute approximate surface area is 108 Å². The van der Waals surface area contributed by atoms with E-state index in [1.807, 2.05) is 30.3 Å². The number of esters is 1. The minimum atomic E-state index is -0.0958. The van der Waals surface area contributed by atoms with Crippen LogP contribution in [0.4, 0.5) is 0 Å². The second kappa shape index (κ2) is 7.17. The highest BCUT2D eigenvalue weighted by Gasteiger charge is 2.20. The zero-order chi connectivity index (χ0) is 12.6. The average Bonchev–Trinajstić information content (AvgIpc) is 3.21. The van der Waals surface area contributed by atoms with Gasteiger partial charge < -0.3 is 9.47 Å². The fourth-order valence-corrected chi connectivity index (χ4v) is 1.86. The van der Waals surface area contributed by atoms with E-state index in [0.717, 1.165) is 37.9 Å². The molecule has 3 heteroatoms. The van der Waals surface area contributed by atoms with Crippen LogP contribution in [0.1, 0.15) is 37.7 Å². The Morgan fingerprint density at radius 2 is 2.00 bits per heavy atom. The van der Waals surface area contributed by atoms with E-state index in [9.17, 15) is 4.79 Å². The molecule has 0 aromatic heterocycles. The number of carbonyl (C=O) groups excluding carboxylic acids is 1. The van der Waals surface area contributed by atoms with Crippen molar-refractivity contribution in [2.45, 2.75) is 44.8 Å². The van der Waals surface area contributed by atoms with Crippen molar-refractivity contribution in [3.63, 3.8) is 0 Å². The van der Waals surface area contributed by atoms with Crippen LogP contribution in [0, 0.1) is 0 Å². The van der Waals surface area contributed by atoms with Crippen molar-refractivity contribution in [2.24, 2.45) is 0 Å². The lowest BCUT2D eigenvalue weighted by Gasteiger charge is -2.04. The number of unbranched alkanes of at least 4 members (excludes halogenated alkanes) is 2. The van der Waals surface area contributed by atoms with Crippen LogP contribution in [0.25, 0.3) is 0 Å². The van der Waals surface area contributed by atoms with Crippen LogP contribution >= 0.6 is 0 Å². The summed E-state index contributed by atoms with van der Waals surface area (Å²) in [6, 6.07) is 9.77. The average molecular weight is 248 g/mol. The molecule has 0 amide bonds. The van der Waals surface area contributed by atoms with Gasteiger partial charge in [0.05, 0.1) is 12.7 Å². The van der Waals surface area contributed by atoms with Gasteiger partial charge in [-0.2, -0.15) is 0 Å². The first-order valence-electron chi connectivity index (χ1n) is 6.66. The van der Waals surface area contributed by atoms with Gasteiger partial charge in [-0.1, -0.05) is 43.2 Å². The first-order chi connectivity index (χ1) is 8.84. The Bertz CT molecular complexity index is 357. The molecular formula is C15H20O3. The van der Waals surface area contributed by atoms with Gasteiger partial charge >= 0.3 is 5.97 Å². The zero-order valence-corrected chi connectivity index (χ0v) is 10.6. The van der Waals surface area contributed by atoms with Gasteiger partial charge in [-0.05, 0) is 18.4 Å². The number of ether oxygens (including phenoxy) is 2. The van der Waals surface area contributed by atoms with Gasteiger partial charge in [0, 0.05) is 6.42 Å². The highest BCUT2D eigenvalue weighted by molar-refractivity contribution is 5.69. The molecule has 1 aromatic rings. The summed E-state index contributed by atoms with van der Waals surface area (Å²) in [4.78, 5) is 11.5. The van der Waals surface area contributed by atoms with E-state index in [0.29, 0.717) is 19.1 Å². The van der Waals surface area contributed by atoms with Gasteiger partial charge in [-0.25, -0.2) is 0 Å². The first kappa shape index (κ1) is 13.1. The van der Waals surface area contributed by atoms with Gasteiger partial charge in [0.15, 0.2) is 0 Å². The van der Waals surface area contributed by atoms with Crippen LogP contribution in [0.15, 0.2) is 30.3 Å². The monoisotopic (exact) mass is 248 g/mol. The summed E-state index contributed by atoms with van der Waals surface area (Å²) in [7, 11) is 0. The Morgan fingerprint density at radius 3 is 2.72 bits per heavy atom. The van der Waals surface area contributed by atoms with Crippen LogP contribution in [0.5, 0.6) is 0 Å². The van der Waals surface area contributed by atoms with Gasteiger partial charge in [0.1, 0.15) is 6.61 Å². The maximum atomic E-state index is 11.5. The van der Waals surface area contributed by atoms with Crippen LogP contribution < -0.4 is 0 Å². The van der Waals surface area contributed by atoms with E-state index < -0.39 is 0 Å². The van der Waals surface area contributed by atoms with Crippen molar-refractivity contribution < 1.29 is 14.3 Å². The van der Waals surface area contributed by atoms with Crippen molar-refractivity contribution in [1.29, 1.82) is 0 Å². The molecule has 1 fully saturated rings. The summed E-state index contributed by atoms with van der Waals surface area (Å²) in [6.07, 6.45) is 5.32. The third kappa shape index (κ3) is 5.32. The number of carbonyl (C=O) groups is 1. The predicted octanol–water partition coefficient (Wildman–Crippen LogP) is 3.08. The molecule has 1 aliphatic rings. The third-order valence-corrected chi connectivity index (χ3v) is 3.05. The summed E-state index contributed by atoms with van der Waals surface area (Å²) in [5, 5.41) is 0. The lowest BCUT2D eigenvalue weighted by Crippen LogP contribution is -2.04. The van der Waals surface area contributed by atoms with Gasteiger partial charge in [-0.3, -0.25) is 4.79 Å². The molecule has 0 N–H and O–H groups in total. The molecule has 3 nitrogen and oxygen atoms in total. The minimum absolute atomic E-state index is 0.0958. The van der Waals surface area contributed by atoms with E-state index in [1.54, 1.807) is 0 Å². The first-order valence-corrected chi connectivity index (χ1v) is 6.66. The van der Waals surface area contributed by atoms with Gasteiger partial charge in [0.2, 0.25) is 0 Å². The Balaban J connectivity index is 1.49. The number of benzene rings is 1. The van der Waals surface area contributed by atoms with E-state index in [2.05, 4.69) is 0 Å². The van der Waals surface area contributed by atoms with Crippen LogP contribution in [0.3, 0.4) is 0 Å². The lowest BCUT2D eigenvalue weighted by atomic mass is 10.1. The van der Waals surface area contributed by atoms with Crippen LogP contribution in [-0.4, -0.2) is 18.7 Å². The molecule has 1 aliphatic heterocycles. The standard InChI is InChI=1S/C15H20O3/c16-15(10-6-2-5-9-14-12-17-14)18-11-13-7-3-1-4-8-13/h1,3-4,7-8,14H,2,5-6,9-12H2. The van der Waals surface area contributed by atoms with Crippen molar-refractivity contribution in [3.05, 3.63) is 35.9 Å². The molecule has 0 radical (unpaired) electrons. The van der Waals surface area contributed by atoms with Crippen molar-refractivity contribution >= 4 is 5.97 Å². The second-order valence-corrected chi connectivity index (χ2v) is 4.70. The normalized spacial score (nSPS) is 17.4. The fourth-order valence-electron chi connectivity index (χ4n) is 1.86. The smallest absolute Gasteiger partial charge is 0.306 e. The number of hydrogen-bond donors (Lipinski definition) is 0. The lowest BCUT2D eigenvalue weighted by molar-refractivity contribution is -0.145. The molecular weight excluding hydrogens is 228 g/mol. The quantitative estimate of drug-likeness (QED) is 0.403. The topological polar surface area (TPSA) is 38.8 Å². The number of epoxide rings is 1. The van der Waals surface area contributed by atoms with E-state index in [4.69, 9.17) is 9.47 Å². The molecule has 1 aromatic carbocycles. The number of hydrogen-bond acceptors (Lipinski definition) is 3.